The van der Waals surface area contributed by atoms with E-state index in [1.807, 2.05) is 0 Å². The van der Waals surface area contributed by atoms with Gasteiger partial charge in [-0.25, -0.2) is 0 Å². The van der Waals surface area contributed by atoms with Crippen LogP contribution in [0.25, 0.3) is 0 Å². The summed E-state index contributed by atoms with van der Waals surface area (Å²) in [5, 5.41) is 23.6. The smallest absolute Gasteiger partial charge is 0.402 e. The summed E-state index contributed by atoms with van der Waals surface area (Å²) in [7, 11) is -2.17. The van der Waals surface area contributed by atoms with Gasteiger partial charge in [0.2, 0.25) is 0 Å². The summed E-state index contributed by atoms with van der Waals surface area (Å²) in [5.41, 5.74) is 0. The second-order valence-corrected chi connectivity index (χ2v) is 3.65. The molecule has 0 saturated carbocycles. The van der Waals surface area contributed by atoms with E-state index < -0.39 is 7.32 Å². The fraction of sp³-hybridized carbons (Fsp3) is 0.200. The predicted molar refractivity (Wildman–Crippen MR) is 49.2 cm³/mol. The maximum Gasteiger partial charge on any atom is 0.631 e. The minimum absolute atomic E-state index is 1.22. The summed E-state index contributed by atoms with van der Waals surface area (Å²) in [6, 6.07) is 2.06. The molecule has 0 aromatic carbocycles. The zero-order valence-electron chi connectivity index (χ0n) is 5.86. The second kappa shape index (κ2) is 5.73. The lowest BCUT2D eigenvalue weighted by atomic mass is 10.3. The number of hydrogen-bond donors (Lipinski definition) is 3. The molecule has 0 fully saturated rings. The molecule has 11 heavy (non-hydrogen) atoms. The van der Waals surface area contributed by atoms with E-state index in [2.05, 4.69) is 34.3 Å². The second-order valence-electron chi connectivity index (χ2n) is 1.67. The van der Waals surface area contributed by atoms with Crippen molar-refractivity contribution >= 4 is 34.6 Å². The molecule has 1 heterocycles. The molecule has 0 atom stereocenters. The fourth-order valence-corrected chi connectivity index (χ4v) is 1.55. The topological polar surface area (TPSA) is 60.7 Å². The molecule has 0 aliphatic heterocycles. The van der Waals surface area contributed by atoms with Crippen molar-refractivity contribution in [2.45, 2.75) is 6.92 Å². The van der Waals surface area contributed by atoms with Crippen molar-refractivity contribution in [2.24, 2.45) is 0 Å². The highest BCUT2D eigenvalue weighted by atomic mass is 79.9. The molecule has 0 aliphatic carbocycles. The van der Waals surface area contributed by atoms with Crippen LogP contribution in [0, 0.1) is 6.92 Å². The van der Waals surface area contributed by atoms with Crippen LogP contribution in [0.2, 0.25) is 0 Å². The van der Waals surface area contributed by atoms with E-state index in [1.165, 1.54) is 9.35 Å². The van der Waals surface area contributed by atoms with Crippen molar-refractivity contribution in [3.05, 3.63) is 20.8 Å². The lowest BCUT2D eigenvalue weighted by Crippen LogP contribution is -2.07. The van der Waals surface area contributed by atoms with Gasteiger partial charge in [-0.15, -0.1) is 11.3 Å². The molecule has 0 bridgehead atoms. The first-order valence-electron chi connectivity index (χ1n) is 2.78. The van der Waals surface area contributed by atoms with Gasteiger partial charge in [0, 0.05) is 9.35 Å². The first-order valence-corrected chi connectivity index (χ1v) is 4.45. The van der Waals surface area contributed by atoms with Crippen molar-refractivity contribution < 1.29 is 15.1 Å². The molecule has 6 heteroatoms. The van der Waals surface area contributed by atoms with Crippen molar-refractivity contribution in [3.63, 3.8) is 0 Å². The summed E-state index contributed by atoms with van der Waals surface area (Å²) in [6.07, 6.45) is 0. The highest BCUT2D eigenvalue weighted by Crippen LogP contribution is 2.20. The van der Waals surface area contributed by atoms with Crippen LogP contribution >= 0.6 is 27.3 Å². The van der Waals surface area contributed by atoms with Crippen LogP contribution in [0.15, 0.2) is 15.9 Å². The van der Waals surface area contributed by atoms with Gasteiger partial charge in [0.25, 0.3) is 0 Å². The molecule has 3 N–H and O–H groups in total. The first-order chi connectivity index (χ1) is 5.04. The number of hydrogen-bond acceptors (Lipinski definition) is 4. The molecular formula is C5H8BBrO3S. The van der Waals surface area contributed by atoms with E-state index in [-0.39, 0.29) is 0 Å². The minimum atomic E-state index is -2.17. The Morgan fingerprint density at radius 2 is 1.91 bits per heavy atom. The monoisotopic (exact) mass is 238 g/mol. The average Bonchev–Trinajstić information content (AvgIpc) is 2.15. The molecule has 0 spiro atoms. The van der Waals surface area contributed by atoms with Crippen molar-refractivity contribution in [2.75, 3.05) is 0 Å². The normalized spacial score (nSPS) is 8.45. The summed E-state index contributed by atoms with van der Waals surface area (Å²) < 4.78 is 1.22. The molecule has 1 aromatic heterocycles. The van der Waals surface area contributed by atoms with Crippen LogP contribution in [-0.4, -0.2) is 22.4 Å². The molecule has 0 saturated heterocycles. The fourth-order valence-electron chi connectivity index (χ4n) is 0.369. The Kier molecular flexibility index (Phi) is 5.80. The summed E-state index contributed by atoms with van der Waals surface area (Å²) in [4.78, 5) is 1.35. The van der Waals surface area contributed by atoms with E-state index >= 15 is 0 Å². The zero-order chi connectivity index (χ0) is 8.85. The third-order valence-electron chi connectivity index (χ3n) is 0.796. The van der Waals surface area contributed by atoms with Crippen molar-refractivity contribution in [1.29, 1.82) is 0 Å². The van der Waals surface area contributed by atoms with E-state index in [0.717, 1.165) is 0 Å². The number of halogens is 1. The first kappa shape index (κ1) is 11.1. The summed E-state index contributed by atoms with van der Waals surface area (Å²) >= 11 is 5.13. The van der Waals surface area contributed by atoms with Gasteiger partial charge in [0.15, 0.2) is 0 Å². The highest BCUT2D eigenvalue weighted by molar-refractivity contribution is 9.10. The lowest BCUT2D eigenvalue weighted by Gasteiger charge is -1.77. The third kappa shape index (κ3) is 6.52. The maximum absolute atomic E-state index is 7.17. The minimum Gasteiger partial charge on any atom is -0.402 e. The zero-order valence-corrected chi connectivity index (χ0v) is 8.26. The summed E-state index contributed by atoms with van der Waals surface area (Å²) in [5.74, 6) is 0. The van der Waals surface area contributed by atoms with E-state index in [1.54, 1.807) is 11.3 Å². The van der Waals surface area contributed by atoms with Crippen LogP contribution in [0.1, 0.15) is 4.88 Å². The van der Waals surface area contributed by atoms with Crippen LogP contribution in [0.4, 0.5) is 0 Å². The lowest BCUT2D eigenvalue weighted by molar-refractivity contribution is 0.278. The van der Waals surface area contributed by atoms with Gasteiger partial charge in [-0.3, -0.25) is 0 Å². The average molecular weight is 239 g/mol. The molecule has 0 radical (unpaired) electrons. The Morgan fingerprint density at radius 1 is 1.45 bits per heavy atom. The Morgan fingerprint density at radius 3 is 2.00 bits per heavy atom. The Bertz CT molecular complexity index is 184. The molecule has 3 nitrogen and oxygen atoms in total. The molecule has 1 rings (SSSR count). The van der Waals surface area contributed by atoms with Gasteiger partial charge < -0.3 is 15.1 Å². The van der Waals surface area contributed by atoms with Gasteiger partial charge in [-0.05, 0) is 34.3 Å². The van der Waals surface area contributed by atoms with Crippen molar-refractivity contribution in [3.8, 4) is 0 Å². The van der Waals surface area contributed by atoms with Crippen LogP contribution in [0.3, 0.4) is 0 Å². The molecule has 0 amide bonds. The van der Waals surface area contributed by atoms with Gasteiger partial charge in [-0.2, -0.15) is 0 Å². The Labute approximate surface area is 77.6 Å². The van der Waals surface area contributed by atoms with Gasteiger partial charge in [0.1, 0.15) is 0 Å². The van der Waals surface area contributed by atoms with Crippen molar-refractivity contribution in [1.82, 2.24) is 0 Å². The molecule has 0 unspecified atom stereocenters. The number of thiophene rings is 1. The van der Waals surface area contributed by atoms with E-state index in [4.69, 9.17) is 15.1 Å². The van der Waals surface area contributed by atoms with E-state index in [0.29, 0.717) is 0 Å². The van der Waals surface area contributed by atoms with Crippen LogP contribution in [0.5, 0.6) is 0 Å². The third-order valence-corrected chi connectivity index (χ3v) is 2.76. The largest absolute Gasteiger partial charge is 0.631 e. The Hall–Kier alpha value is 0.125. The SMILES string of the molecule is Cc1sccc1Br.OB(O)O. The van der Waals surface area contributed by atoms with Gasteiger partial charge in [0.05, 0.1) is 0 Å². The molecule has 1 aromatic rings. The number of aryl methyl sites for hydroxylation is 1. The van der Waals surface area contributed by atoms with Gasteiger partial charge in [-0.1, -0.05) is 0 Å². The predicted octanol–water partition coefficient (Wildman–Crippen LogP) is 0.767. The molecule has 0 aliphatic rings. The Balaban J connectivity index is 0.000000218. The quantitative estimate of drug-likeness (QED) is 0.586. The highest BCUT2D eigenvalue weighted by Gasteiger charge is 1.92. The van der Waals surface area contributed by atoms with E-state index in [9.17, 15) is 0 Å². The van der Waals surface area contributed by atoms with Gasteiger partial charge >= 0.3 is 7.32 Å². The molecular weight excluding hydrogens is 231 g/mol. The van der Waals surface area contributed by atoms with Crippen LogP contribution < -0.4 is 0 Å². The standard InChI is InChI=1S/C5H5BrS.BH3O3/c1-4-5(6)2-3-7-4;2-1(3)4/h2-3H,1H3;2-4H. The molecule has 62 valence electrons. The van der Waals surface area contributed by atoms with Crippen LogP contribution in [-0.2, 0) is 0 Å². The number of rotatable bonds is 0. The summed E-state index contributed by atoms with van der Waals surface area (Å²) in [6.45, 7) is 2.09. The maximum atomic E-state index is 7.17.